The normalized spacial score (nSPS) is 24.4. The van der Waals surface area contributed by atoms with Crippen molar-refractivity contribution in [2.75, 3.05) is 0 Å². The van der Waals surface area contributed by atoms with Gasteiger partial charge in [-0.15, -0.1) is 0 Å². The van der Waals surface area contributed by atoms with Crippen LogP contribution < -0.4 is 4.74 Å². The van der Waals surface area contributed by atoms with Gasteiger partial charge in [0.05, 0.1) is 6.10 Å². The Hall–Kier alpha value is -1.48. The van der Waals surface area contributed by atoms with Crippen molar-refractivity contribution in [2.24, 2.45) is 0 Å². The van der Waals surface area contributed by atoms with Crippen LogP contribution >= 0.6 is 0 Å². The Morgan fingerprint density at radius 3 is 2.94 bits per heavy atom. The highest BCUT2D eigenvalue weighted by Crippen LogP contribution is 2.28. The van der Waals surface area contributed by atoms with Crippen molar-refractivity contribution in [3.05, 3.63) is 30.0 Å². The van der Waals surface area contributed by atoms with Crippen LogP contribution in [0.25, 0.3) is 11.0 Å². The largest absolute Gasteiger partial charge is 0.488 e. The zero-order valence-electron chi connectivity index (χ0n) is 9.85. The lowest BCUT2D eigenvalue weighted by Crippen LogP contribution is -2.25. The second-order valence-corrected chi connectivity index (χ2v) is 4.71. The maximum Gasteiger partial charge on any atom is 0.134 e. The smallest absolute Gasteiger partial charge is 0.134 e. The van der Waals surface area contributed by atoms with Gasteiger partial charge in [-0.05, 0) is 50.5 Å². The second kappa shape index (κ2) is 4.08. The van der Waals surface area contributed by atoms with Crippen LogP contribution in [0.3, 0.4) is 0 Å². The van der Waals surface area contributed by atoms with Crippen LogP contribution in [-0.4, -0.2) is 17.3 Å². The van der Waals surface area contributed by atoms with Crippen LogP contribution in [-0.2, 0) is 0 Å². The van der Waals surface area contributed by atoms with E-state index < -0.39 is 0 Å². The number of aryl methyl sites for hydroxylation is 1. The third-order valence-electron chi connectivity index (χ3n) is 3.32. The zero-order valence-corrected chi connectivity index (χ0v) is 9.85. The Kier molecular flexibility index (Phi) is 2.56. The van der Waals surface area contributed by atoms with Crippen molar-refractivity contribution < 1.29 is 14.3 Å². The fraction of sp³-hybridized carbons (Fsp3) is 0.429. The molecule has 1 aromatic carbocycles. The second-order valence-electron chi connectivity index (χ2n) is 4.71. The first kappa shape index (κ1) is 10.7. The van der Waals surface area contributed by atoms with E-state index >= 15 is 0 Å². The molecule has 1 aromatic heterocycles. The van der Waals surface area contributed by atoms with Crippen LogP contribution in [0.5, 0.6) is 5.75 Å². The molecule has 3 rings (SSSR count). The van der Waals surface area contributed by atoms with Gasteiger partial charge >= 0.3 is 0 Å². The number of aliphatic hydroxyl groups is 1. The lowest BCUT2D eigenvalue weighted by Gasteiger charge is -2.16. The van der Waals surface area contributed by atoms with E-state index in [0.29, 0.717) is 0 Å². The SMILES string of the molecule is Cc1cc2cc(OC3CCCC3O)ccc2o1. The Morgan fingerprint density at radius 1 is 1.29 bits per heavy atom. The topological polar surface area (TPSA) is 42.6 Å². The number of hydrogen-bond donors (Lipinski definition) is 1. The van der Waals surface area contributed by atoms with Crippen LogP contribution in [0.15, 0.2) is 28.7 Å². The van der Waals surface area contributed by atoms with Crippen molar-refractivity contribution in [3.8, 4) is 5.75 Å². The third kappa shape index (κ3) is 2.03. The number of aliphatic hydroxyl groups excluding tert-OH is 1. The maximum atomic E-state index is 9.72. The molecule has 0 saturated heterocycles. The van der Waals surface area contributed by atoms with Gasteiger partial charge in [-0.3, -0.25) is 0 Å². The Balaban J connectivity index is 1.85. The molecule has 2 aromatic rings. The first-order valence-corrected chi connectivity index (χ1v) is 6.07. The van der Waals surface area contributed by atoms with E-state index in [1.807, 2.05) is 31.2 Å². The lowest BCUT2D eigenvalue weighted by molar-refractivity contribution is 0.0605. The summed E-state index contributed by atoms with van der Waals surface area (Å²) in [4.78, 5) is 0. The molecule has 17 heavy (non-hydrogen) atoms. The van der Waals surface area contributed by atoms with E-state index in [1.165, 1.54) is 0 Å². The average molecular weight is 232 g/mol. The summed E-state index contributed by atoms with van der Waals surface area (Å²) in [7, 11) is 0. The monoisotopic (exact) mass is 232 g/mol. The molecule has 0 aliphatic heterocycles. The van der Waals surface area contributed by atoms with E-state index in [-0.39, 0.29) is 12.2 Å². The standard InChI is InChI=1S/C14H16O3/c1-9-7-10-8-11(5-6-13(10)16-9)17-14-4-2-3-12(14)15/h5-8,12,14-15H,2-4H2,1H3. The van der Waals surface area contributed by atoms with E-state index in [2.05, 4.69) is 0 Å². The molecule has 0 bridgehead atoms. The molecule has 1 aliphatic carbocycles. The van der Waals surface area contributed by atoms with Crippen molar-refractivity contribution in [1.29, 1.82) is 0 Å². The van der Waals surface area contributed by atoms with Crippen LogP contribution in [0.1, 0.15) is 25.0 Å². The quantitative estimate of drug-likeness (QED) is 0.865. The molecule has 1 saturated carbocycles. The summed E-state index contributed by atoms with van der Waals surface area (Å²) in [5.74, 6) is 1.71. The summed E-state index contributed by atoms with van der Waals surface area (Å²) in [5.41, 5.74) is 0.877. The van der Waals surface area contributed by atoms with Crippen LogP contribution in [0.4, 0.5) is 0 Å². The van der Waals surface area contributed by atoms with Crippen LogP contribution in [0.2, 0.25) is 0 Å². The van der Waals surface area contributed by atoms with Gasteiger partial charge in [0.1, 0.15) is 23.2 Å². The number of fused-ring (bicyclic) bond motifs is 1. The lowest BCUT2D eigenvalue weighted by atomic mass is 10.2. The summed E-state index contributed by atoms with van der Waals surface area (Å²) < 4.78 is 11.3. The fourth-order valence-corrected chi connectivity index (χ4v) is 2.45. The Bertz CT molecular complexity index is 529. The molecule has 1 aliphatic rings. The molecule has 3 heteroatoms. The first-order valence-electron chi connectivity index (χ1n) is 6.07. The van der Waals surface area contributed by atoms with Gasteiger partial charge in [0.2, 0.25) is 0 Å². The predicted octanol–water partition coefficient (Wildman–Crippen LogP) is 3.03. The minimum atomic E-state index is -0.322. The summed E-state index contributed by atoms with van der Waals surface area (Å²) in [6.07, 6.45) is 2.44. The van der Waals surface area contributed by atoms with Crippen molar-refractivity contribution in [3.63, 3.8) is 0 Å². The minimum Gasteiger partial charge on any atom is -0.488 e. The molecule has 3 nitrogen and oxygen atoms in total. The van der Waals surface area contributed by atoms with Crippen molar-refractivity contribution in [1.82, 2.24) is 0 Å². The molecule has 1 N–H and O–H groups in total. The highest BCUT2D eigenvalue weighted by molar-refractivity contribution is 5.79. The summed E-state index contributed by atoms with van der Waals surface area (Å²) in [6, 6.07) is 7.78. The number of hydrogen-bond acceptors (Lipinski definition) is 3. The third-order valence-corrected chi connectivity index (χ3v) is 3.32. The van der Waals surface area contributed by atoms with E-state index in [0.717, 1.165) is 41.7 Å². The summed E-state index contributed by atoms with van der Waals surface area (Å²) in [6.45, 7) is 1.93. The van der Waals surface area contributed by atoms with E-state index in [4.69, 9.17) is 9.15 Å². The fourth-order valence-electron chi connectivity index (χ4n) is 2.45. The molecule has 0 amide bonds. The van der Waals surface area contributed by atoms with Crippen molar-refractivity contribution in [2.45, 2.75) is 38.4 Å². The molecule has 1 heterocycles. The van der Waals surface area contributed by atoms with Gasteiger partial charge in [-0.25, -0.2) is 0 Å². The number of rotatable bonds is 2. The van der Waals surface area contributed by atoms with E-state index in [9.17, 15) is 5.11 Å². The molecular weight excluding hydrogens is 216 g/mol. The summed E-state index contributed by atoms with van der Waals surface area (Å²) in [5, 5.41) is 10.8. The highest BCUT2D eigenvalue weighted by Gasteiger charge is 2.26. The molecule has 0 radical (unpaired) electrons. The van der Waals surface area contributed by atoms with Gasteiger partial charge < -0.3 is 14.3 Å². The average Bonchev–Trinajstić information content (AvgIpc) is 2.84. The Morgan fingerprint density at radius 2 is 2.18 bits per heavy atom. The van der Waals surface area contributed by atoms with Crippen molar-refractivity contribution >= 4 is 11.0 Å². The van der Waals surface area contributed by atoms with Gasteiger partial charge in [0, 0.05) is 5.39 Å². The molecule has 90 valence electrons. The predicted molar refractivity (Wildman–Crippen MR) is 65.2 cm³/mol. The minimum absolute atomic E-state index is 0.0551. The van der Waals surface area contributed by atoms with Gasteiger partial charge in [-0.1, -0.05) is 0 Å². The number of ether oxygens (including phenoxy) is 1. The Labute approximate surface area is 100.0 Å². The van der Waals surface area contributed by atoms with Gasteiger partial charge in [0.15, 0.2) is 0 Å². The van der Waals surface area contributed by atoms with Gasteiger partial charge in [-0.2, -0.15) is 0 Å². The first-order chi connectivity index (χ1) is 8.22. The molecule has 2 unspecified atom stereocenters. The molecular formula is C14H16O3. The molecule has 0 spiro atoms. The molecule has 1 fully saturated rings. The van der Waals surface area contributed by atoms with Crippen LogP contribution in [0, 0.1) is 6.92 Å². The number of benzene rings is 1. The molecule has 2 atom stereocenters. The van der Waals surface area contributed by atoms with Gasteiger partial charge in [0.25, 0.3) is 0 Å². The summed E-state index contributed by atoms with van der Waals surface area (Å²) >= 11 is 0. The highest BCUT2D eigenvalue weighted by atomic mass is 16.5. The van der Waals surface area contributed by atoms with E-state index in [1.54, 1.807) is 0 Å². The maximum absolute atomic E-state index is 9.72. The number of furan rings is 1. The zero-order chi connectivity index (χ0) is 11.8.